The topological polar surface area (TPSA) is 9.72 Å². The maximum Gasteiger partial charge on any atom is 0.0718 e. The lowest BCUT2D eigenvalue weighted by Crippen LogP contribution is -2.70. The van der Waals surface area contributed by atoms with Crippen LogP contribution in [0.4, 0.5) is 11.4 Å². The van der Waals surface area contributed by atoms with Gasteiger partial charge in [-0.1, -0.05) is 144 Å². The SMILES string of the molecule is Cc1cc(-c2ccccc2)ccc1C12CCC(C)(C(c3cccc(N4C(C)C5(c6c(C)cccc6Cc6ccccc6C67CCC(C)(CC6)N(C)C7I)CCC4(C)CC5)c3)C1)N(c1ccccc1)C2C. The quantitative estimate of drug-likeness (QED) is 0.0812. The first kappa shape index (κ1) is 46.7. The molecular formula is C66H76IN3. The van der Waals surface area contributed by atoms with E-state index in [0.29, 0.717) is 27.6 Å². The van der Waals surface area contributed by atoms with Crippen LogP contribution in [0.25, 0.3) is 11.1 Å². The Bertz CT molecular complexity index is 2920. The summed E-state index contributed by atoms with van der Waals surface area (Å²) in [6.07, 6.45) is 14.6. The molecule has 6 heterocycles. The zero-order valence-electron chi connectivity index (χ0n) is 43.4. The molecule has 9 aliphatic rings. The number of hydrogen-bond donors (Lipinski definition) is 0. The number of para-hydroxylation sites is 1. The van der Waals surface area contributed by atoms with E-state index in [1.165, 1.54) is 103 Å². The third-order valence-corrected chi connectivity index (χ3v) is 23.3. The number of halogens is 1. The zero-order valence-corrected chi connectivity index (χ0v) is 45.5. The summed E-state index contributed by atoms with van der Waals surface area (Å²) in [5, 5.41) is 0. The molecule has 70 heavy (non-hydrogen) atoms. The fraction of sp³-hybridized carbons (Fsp3) is 0.455. The minimum Gasteiger partial charge on any atom is -0.363 e. The Morgan fingerprint density at radius 3 is 1.83 bits per heavy atom. The summed E-state index contributed by atoms with van der Waals surface area (Å²) in [5.41, 5.74) is 18.4. The molecule has 3 saturated carbocycles. The standard InChI is InChI=1S/C66H76IN3/c1-45-19-17-24-53(42-51-22-15-16-28-57(51)65-38-31-61(5,32-39-65)68(8)60(65)67)59(45)64-36-33-62(6,34-37-64)69(47(64)3)55-27-18-23-52(43-55)58-44-66(56-30-29-50(41-46(56)2)49-20-11-9-12-21-49)40-35-63(58,7)70(48(66)4)54-25-13-10-14-26-54/h9-30,41,43,47-48,58,60H,31-40,42,44H2,1-8H3. The Morgan fingerprint density at radius 1 is 0.500 bits per heavy atom. The predicted octanol–water partition coefficient (Wildman–Crippen LogP) is 16.2. The number of rotatable bonds is 9. The smallest absolute Gasteiger partial charge is 0.0718 e. The molecule has 0 spiro atoms. The van der Waals surface area contributed by atoms with Crippen molar-refractivity contribution in [2.24, 2.45) is 0 Å². The fourth-order valence-electron chi connectivity index (χ4n) is 17.1. The summed E-state index contributed by atoms with van der Waals surface area (Å²) in [6, 6.07) is 57.5. The van der Waals surface area contributed by atoms with Crippen LogP contribution in [0.3, 0.4) is 0 Å². The fourth-order valence-corrected chi connectivity index (χ4v) is 18.7. The molecular weight excluding hydrogens is 962 g/mol. The highest BCUT2D eigenvalue weighted by Crippen LogP contribution is 2.64. The first-order valence-corrected chi connectivity index (χ1v) is 28.4. The van der Waals surface area contributed by atoms with Crippen molar-refractivity contribution < 1.29 is 0 Å². The molecule has 0 N–H and O–H groups in total. The number of benzene rings is 6. The number of nitrogens with zero attached hydrogens (tertiary/aromatic N) is 3. The first-order chi connectivity index (χ1) is 33.7. The lowest BCUT2D eigenvalue weighted by atomic mass is 9.50. The Hall–Kier alpha value is -4.39. The second-order valence-corrected chi connectivity index (χ2v) is 25.6. The van der Waals surface area contributed by atoms with E-state index < -0.39 is 0 Å². The molecule has 6 saturated heterocycles. The third kappa shape index (κ3) is 6.79. The van der Waals surface area contributed by atoms with Gasteiger partial charge in [0.15, 0.2) is 0 Å². The normalized spacial score (nSPS) is 34.6. The highest BCUT2D eigenvalue weighted by atomic mass is 127. The lowest BCUT2D eigenvalue weighted by molar-refractivity contribution is -0.0313. The van der Waals surface area contributed by atoms with Crippen LogP contribution in [0, 0.1) is 13.8 Å². The molecule has 6 aromatic rings. The molecule has 6 atom stereocenters. The van der Waals surface area contributed by atoms with Crippen LogP contribution in [0.15, 0.2) is 146 Å². The van der Waals surface area contributed by atoms with Gasteiger partial charge in [0.05, 0.1) is 4.05 Å². The number of piperidine rings is 6. The number of hydrogen-bond acceptors (Lipinski definition) is 3. The highest BCUT2D eigenvalue weighted by molar-refractivity contribution is 14.1. The molecule has 6 bridgehead atoms. The molecule has 3 nitrogen and oxygen atoms in total. The van der Waals surface area contributed by atoms with E-state index in [4.69, 9.17) is 0 Å². The van der Waals surface area contributed by atoms with Gasteiger partial charge in [-0.15, -0.1) is 0 Å². The van der Waals surface area contributed by atoms with Crippen molar-refractivity contribution in [1.82, 2.24) is 4.90 Å². The van der Waals surface area contributed by atoms with E-state index in [0.717, 1.165) is 19.3 Å². The summed E-state index contributed by atoms with van der Waals surface area (Å²) in [7, 11) is 2.40. The zero-order chi connectivity index (χ0) is 48.4. The van der Waals surface area contributed by atoms with Gasteiger partial charge in [-0.05, 0) is 212 Å². The van der Waals surface area contributed by atoms with Crippen LogP contribution >= 0.6 is 22.6 Å². The first-order valence-electron chi connectivity index (χ1n) is 27.1. The van der Waals surface area contributed by atoms with Crippen LogP contribution in [0.1, 0.15) is 156 Å². The van der Waals surface area contributed by atoms with E-state index in [1.807, 2.05) is 0 Å². The summed E-state index contributed by atoms with van der Waals surface area (Å²) in [6.45, 7) is 17.7. The van der Waals surface area contributed by atoms with Gasteiger partial charge in [-0.3, -0.25) is 4.90 Å². The molecule has 9 fully saturated rings. The summed E-state index contributed by atoms with van der Waals surface area (Å²) in [5.74, 6) is 0.372. The van der Waals surface area contributed by atoms with Gasteiger partial charge < -0.3 is 9.80 Å². The number of aryl methyl sites for hydroxylation is 2. The van der Waals surface area contributed by atoms with Crippen LogP contribution < -0.4 is 9.80 Å². The summed E-state index contributed by atoms with van der Waals surface area (Å²) in [4.78, 5) is 8.55. The minimum atomic E-state index is -0.0236. The molecule has 0 radical (unpaired) electrons. The van der Waals surface area contributed by atoms with Gasteiger partial charge in [0.25, 0.3) is 0 Å². The Balaban J connectivity index is 0.915. The van der Waals surface area contributed by atoms with Crippen molar-refractivity contribution in [3.63, 3.8) is 0 Å². The van der Waals surface area contributed by atoms with E-state index in [-0.39, 0.29) is 27.3 Å². The van der Waals surface area contributed by atoms with Gasteiger partial charge in [0, 0.05) is 62.2 Å². The predicted molar refractivity (Wildman–Crippen MR) is 303 cm³/mol. The summed E-state index contributed by atoms with van der Waals surface area (Å²) < 4.78 is 0.505. The molecule has 4 heteroatoms. The minimum absolute atomic E-state index is 0.0165. The maximum atomic E-state index is 2.95. The lowest BCUT2D eigenvalue weighted by Gasteiger charge is -2.67. The maximum absolute atomic E-state index is 2.95. The van der Waals surface area contributed by atoms with Crippen molar-refractivity contribution in [3.05, 3.63) is 190 Å². The molecule has 3 aliphatic carbocycles. The van der Waals surface area contributed by atoms with Crippen LogP contribution in [-0.4, -0.2) is 44.7 Å². The second-order valence-electron chi connectivity index (χ2n) is 24.4. The number of anilines is 2. The number of alkyl halides is 1. The van der Waals surface area contributed by atoms with Gasteiger partial charge in [-0.2, -0.15) is 0 Å². The van der Waals surface area contributed by atoms with Gasteiger partial charge >= 0.3 is 0 Å². The molecule has 0 aromatic heterocycles. The molecule has 15 rings (SSSR count). The van der Waals surface area contributed by atoms with Crippen molar-refractivity contribution in [2.75, 3.05) is 16.8 Å². The van der Waals surface area contributed by atoms with Gasteiger partial charge in [0.1, 0.15) is 0 Å². The van der Waals surface area contributed by atoms with Gasteiger partial charge in [-0.25, -0.2) is 0 Å². The third-order valence-electron chi connectivity index (χ3n) is 21.2. The van der Waals surface area contributed by atoms with Crippen LogP contribution in [-0.2, 0) is 22.7 Å². The molecule has 6 aliphatic heterocycles. The van der Waals surface area contributed by atoms with E-state index in [2.05, 4.69) is 238 Å². The summed E-state index contributed by atoms with van der Waals surface area (Å²) >= 11 is 2.81. The van der Waals surface area contributed by atoms with Crippen molar-refractivity contribution in [3.8, 4) is 11.1 Å². The van der Waals surface area contributed by atoms with Crippen molar-refractivity contribution >= 4 is 34.0 Å². The van der Waals surface area contributed by atoms with Gasteiger partial charge in [0.2, 0.25) is 0 Å². The number of fused-ring (bicyclic) bond motifs is 9. The second kappa shape index (κ2) is 16.8. The largest absolute Gasteiger partial charge is 0.363 e. The Morgan fingerprint density at radius 2 is 1.10 bits per heavy atom. The molecule has 362 valence electrons. The van der Waals surface area contributed by atoms with Crippen LogP contribution in [0.2, 0.25) is 0 Å². The molecule has 6 aromatic carbocycles. The molecule has 6 unspecified atom stereocenters. The van der Waals surface area contributed by atoms with Crippen LogP contribution in [0.5, 0.6) is 0 Å². The van der Waals surface area contributed by atoms with Crippen molar-refractivity contribution in [2.45, 2.75) is 180 Å². The Kier molecular flexibility index (Phi) is 11.2. The van der Waals surface area contributed by atoms with Crippen molar-refractivity contribution in [1.29, 1.82) is 0 Å². The highest BCUT2D eigenvalue weighted by Gasteiger charge is 2.62. The monoisotopic (exact) mass is 1040 g/mol. The van der Waals surface area contributed by atoms with E-state index >= 15 is 0 Å². The van der Waals surface area contributed by atoms with E-state index in [9.17, 15) is 0 Å². The molecule has 0 amide bonds. The Labute approximate surface area is 434 Å². The van der Waals surface area contributed by atoms with E-state index in [1.54, 1.807) is 22.3 Å². The average molecular weight is 1040 g/mol. The number of likely N-dealkylation sites (N-methyl/N-ethyl adjacent to an activating group) is 1. The average Bonchev–Trinajstić information content (AvgIpc) is 3.37.